The molecule has 2 unspecified atom stereocenters. The Labute approximate surface area is 324 Å². The Morgan fingerprint density at radius 3 is 1.75 bits per heavy atom. The van der Waals surface area contributed by atoms with Gasteiger partial charge in [0.1, 0.15) is 11.5 Å². The summed E-state index contributed by atoms with van der Waals surface area (Å²) >= 11 is 0. The zero-order chi connectivity index (χ0) is 39.9. The van der Waals surface area contributed by atoms with Gasteiger partial charge in [-0.05, 0) is 116 Å². The molecule has 0 spiro atoms. The summed E-state index contributed by atoms with van der Waals surface area (Å²) in [6.07, 6.45) is 15.2. The lowest BCUT2D eigenvalue weighted by Gasteiger charge is -2.40. The molecule has 0 aliphatic heterocycles. The number of hydrogen-bond donors (Lipinski definition) is 0. The highest BCUT2D eigenvalue weighted by molar-refractivity contribution is 6.74. The van der Waals surface area contributed by atoms with Gasteiger partial charge in [-0.2, -0.15) is 0 Å². The summed E-state index contributed by atoms with van der Waals surface area (Å²) in [5, 5.41) is 0. The van der Waals surface area contributed by atoms with E-state index in [0.29, 0.717) is 0 Å². The fraction of sp³-hybridized carbons (Fsp3) is 0.767. The number of ketones is 1. The zero-order valence-electron chi connectivity index (χ0n) is 36.4. The summed E-state index contributed by atoms with van der Waals surface area (Å²) in [5.41, 5.74) is 1.78. The summed E-state index contributed by atoms with van der Waals surface area (Å²) in [4.78, 5) is 28.3. The van der Waals surface area contributed by atoms with Crippen LogP contribution in [-0.4, -0.2) is 60.6 Å². The van der Waals surface area contributed by atoms with E-state index in [1.165, 1.54) is 11.1 Å². The minimum absolute atomic E-state index is 0.0155. The number of esters is 1. The normalized spacial score (nSPS) is 28.7. The van der Waals surface area contributed by atoms with Crippen molar-refractivity contribution in [2.75, 3.05) is 0 Å². The third-order valence-electron chi connectivity index (χ3n) is 11.2. The molecule has 0 bridgehead atoms. The maximum atomic E-state index is 14.5. The van der Waals surface area contributed by atoms with E-state index < -0.39 is 48.4 Å². The van der Waals surface area contributed by atoms with Crippen molar-refractivity contribution in [1.29, 1.82) is 0 Å². The van der Waals surface area contributed by atoms with E-state index in [1.807, 2.05) is 33.8 Å². The second-order valence-corrected chi connectivity index (χ2v) is 31.3. The van der Waals surface area contributed by atoms with Crippen molar-refractivity contribution in [3.05, 3.63) is 47.6 Å². The number of Topliss-reactive ketones (excluding diaryl/α,β-unsaturated/α-hetero) is 1. The average Bonchev–Trinajstić information content (AvgIpc) is 3.08. The zero-order valence-corrected chi connectivity index (χ0v) is 39.4. The number of carbonyl (C=O) groups is 2. The summed E-state index contributed by atoms with van der Waals surface area (Å²) < 4.78 is 27.2. The van der Waals surface area contributed by atoms with Crippen LogP contribution in [0.3, 0.4) is 0 Å². The molecule has 0 N–H and O–H groups in total. The second-order valence-electron chi connectivity index (χ2n) is 17.4. The molecule has 0 saturated heterocycles. The number of rotatable bonds is 13. The molecule has 1 aliphatic rings. The second kappa shape index (κ2) is 22.3. The molecule has 6 atom stereocenters. The van der Waals surface area contributed by atoms with Gasteiger partial charge >= 0.3 is 5.97 Å². The van der Waals surface area contributed by atoms with Crippen LogP contribution in [0, 0.1) is 17.8 Å². The average molecular weight is 777 g/mol. The Morgan fingerprint density at radius 2 is 1.29 bits per heavy atom. The van der Waals surface area contributed by atoms with Crippen LogP contribution >= 0.6 is 0 Å². The highest BCUT2D eigenvalue weighted by atomic mass is 28.4. The van der Waals surface area contributed by atoms with Gasteiger partial charge in [0, 0.05) is 11.8 Å². The summed E-state index contributed by atoms with van der Waals surface area (Å²) in [6.45, 7) is 34.2. The first-order chi connectivity index (χ1) is 24.1. The number of hydrogen-bond acceptors (Lipinski definition) is 6. The minimum atomic E-state index is -2.06. The molecular formula is C43H80O6Si3. The lowest BCUT2D eigenvalue weighted by Crippen LogP contribution is -2.47. The summed E-state index contributed by atoms with van der Waals surface area (Å²) in [7, 11) is -6.04. The van der Waals surface area contributed by atoms with Crippen molar-refractivity contribution in [3.8, 4) is 0 Å². The van der Waals surface area contributed by atoms with Gasteiger partial charge in [-0.15, -0.1) is 0 Å². The van der Waals surface area contributed by atoms with Crippen LogP contribution in [-0.2, 0) is 27.6 Å². The molecule has 0 aromatic rings. The van der Waals surface area contributed by atoms with Gasteiger partial charge in [0.2, 0.25) is 0 Å². The van der Waals surface area contributed by atoms with Gasteiger partial charge in [-0.25, -0.2) is 0 Å². The van der Waals surface area contributed by atoms with Crippen LogP contribution in [0.5, 0.6) is 0 Å². The Bertz CT molecular complexity index is 1200. The highest BCUT2D eigenvalue weighted by Gasteiger charge is 2.40. The summed E-state index contributed by atoms with van der Waals surface area (Å²) in [5.74, 6) is -1.96. The SMILES string of the molecule is CC[Si](CC)(CC)OC1/C=C/C(C)=C/C/C=C(\C)CCC(O[Si](C)(C)C)[C@@H](C)C(=O)[C@@H](C(=O)OC(C)(C)C)C/C=C/[C@H](O[Si](CC)(CC)CC)[C@H]1C. The first-order valence-electron chi connectivity index (χ1n) is 20.6. The van der Waals surface area contributed by atoms with Gasteiger partial charge in [-0.3, -0.25) is 9.59 Å². The highest BCUT2D eigenvalue weighted by Crippen LogP contribution is 2.33. The Hall–Kier alpha value is -1.37. The van der Waals surface area contributed by atoms with E-state index in [4.69, 9.17) is 18.0 Å². The first-order valence-corrected chi connectivity index (χ1v) is 29.1. The van der Waals surface area contributed by atoms with Crippen molar-refractivity contribution in [1.82, 2.24) is 0 Å². The number of carbonyl (C=O) groups excluding carboxylic acids is 2. The van der Waals surface area contributed by atoms with Crippen LogP contribution in [0.2, 0.25) is 55.9 Å². The molecule has 300 valence electrons. The fourth-order valence-electron chi connectivity index (χ4n) is 7.06. The molecule has 52 heavy (non-hydrogen) atoms. The summed E-state index contributed by atoms with van der Waals surface area (Å²) in [6, 6.07) is 6.28. The van der Waals surface area contributed by atoms with E-state index in [0.717, 1.165) is 55.5 Å². The lowest BCUT2D eigenvalue weighted by atomic mass is 9.85. The first kappa shape index (κ1) is 48.7. The van der Waals surface area contributed by atoms with Crippen molar-refractivity contribution >= 4 is 36.7 Å². The molecule has 0 saturated carbocycles. The third kappa shape index (κ3) is 16.2. The number of ether oxygens (including phenoxy) is 1. The topological polar surface area (TPSA) is 71.1 Å². The van der Waals surface area contributed by atoms with Gasteiger partial charge in [0.25, 0.3) is 0 Å². The molecule has 1 aliphatic carbocycles. The van der Waals surface area contributed by atoms with Crippen LogP contribution in [0.25, 0.3) is 0 Å². The van der Waals surface area contributed by atoms with E-state index in [1.54, 1.807) is 0 Å². The van der Waals surface area contributed by atoms with E-state index in [-0.39, 0.29) is 36.4 Å². The molecule has 0 radical (unpaired) electrons. The molecule has 0 aromatic carbocycles. The Kier molecular flexibility index (Phi) is 20.8. The van der Waals surface area contributed by atoms with Crippen LogP contribution in [0.1, 0.15) is 116 Å². The van der Waals surface area contributed by atoms with Crippen LogP contribution in [0.15, 0.2) is 47.6 Å². The molecular weight excluding hydrogens is 697 g/mol. The van der Waals surface area contributed by atoms with E-state index in [2.05, 4.69) is 112 Å². The Balaban J connectivity index is 3.98. The lowest BCUT2D eigenvalue weighted by molar-refractivity contribution is -0.163. The number of allylic oxidation sites excluding steroid dienone is 6. The molecule has 0 heterocycles. The van der Waals surface area contributed by atoms with Crippen LogP contribution < -0.4 is 0 Å². The molecule has 0 fully saturated rings. The Morgan fingerprint density at radius 1 is 0.788 bits per heavy atom. The van der Waals surface area contributed by atoms with Crippen molar-refractivity contribution in [2.24, 2.45) is 17.8 Å². The van der Waals surface area contributed by atoms with Gasteiger partial charge in [0.15, 0.2) is 30.7 Å². The minimum Gasteiger partial charge on any atom is -0.459 e. The molecule has 0 amide bonds. The predicted octanol–water partition coefficient (Wildman–Crippen LogP) is 12.4. The van der Waals surface area contributed by atoms with E-state index in [9.17, 15) is 9.59 Å². The van der Waals surface area contributed by atoms with Gasteiger partial charge < -0.3 is 18.0 Å². The predicted molar refractivity (Wildman–Crippen MR) is 229 cm³/mol. The largest absolute Gasteiger partial charge is 0.459 e. The molecule has 9 heteroatoms. The third-order valence-corrected chi connectivity index (χ3v) is 21.5. The van der Waals surface area contributed by atoms with Crippen molar-refractivity contribution in [2.45, 2.75) is 196 Å². The quantitative estimate of drug-likeness (QED) is 0.0803. The molecule has 1 rings (SSSR count). The molecule has 0 aromatic heterocycles. The standard InChI is InChI=1S/C43H80O6Si3/c1-17-51(18-2,19-3)48-38-28-24-27-37(42(45)46-43(11,12)13)41(44)36(10)40(47-50(14,15)16)32-30-34(8)26-23-25-33(7)29-31-39(35(38)9)49-52(20-4,21-5)22-6/h24-26,28-29,31,35-40H,17-23,27,30,32H2,1-16H3/b28-24+,31-29+,33-25+,34-26+/t35-,36-,37+,38+,39?,40?/m1/s1. The fourth-order valence-corrected chi connectivity index (χ4v) is 14.0. The smallest absolute Gasteiger partial charge is 0.317 e. The van der Waals surface area contributed by atoms with Gasteiger partial charge in [0.05, 0.1) is 18.3 Å². The van der Waals surface area contributed by atoms with E-state index >= 15 is 0 Å². The maximum Gasteiger partial charge on any atom is 0.317 e. The maximum absolute atomic E-state index is 14.5. The van der Waals surface area contributed by atoms with Crippen molar-refractivity contribution < 1.29 is 27.6 Å². The van der Waals surface area contributed by atoms with Crippen LogP contribution in [0.4, 0.5) is 0 Å². The molecule has 6 nitrogen and oxygen atoms in total. The monoisotopic (exact) mass is 777 g/mol. The van der Waals surface area contributed by atoms with Gasteiger partial charge in [-0.1, -0.05) is 103 Å². The van der Waals surface area contributed by atoms with Crippen molar-refractivity contribution in [3.63, 3.8) is 0 Å².